The van der Waals surface area contributed by atoms with Gasteiger partial charge in [0.2, 0.25) is 0 Å². The summed E-state index contributed by atoms with van der Waals surface area (Å²) < 4.78 is 21.0. The van der Waals surface area contributed by atoms with E-state index in [4.69, 9.17) is 18.6 Å². The average Bonchev–Trinajstić information content (AvgIpc) is 2.80. The molecule has 1 aromatic heterocycles. The van der Waals surface area contributed by atoms with Crippen molar-refractivity contribution in [1.29, 1.82) is 0 Å². The summed E-state index contributed by atoms with van der Waals surface area (Å²) in [5, 5.41) is 5.56. The molecule has 0 aliphatic heterocycles. The van der Waals surface area contributed by atoms with Gasteiger partial charge in [-0.15, -0.1) is 0 Å². The fourth-order valence-electron chi connectivity index (χ4n) is 2.98. The van der Waals surface area contributed by atoms with E-state index in [0.717, 1.165) is 6.07 Å². The number of benzene rings is 2. The maximum Gasteiger partial charge on any atom is 0.287 e. The first-order valence-electron chi connectivity index (χ1n) is 9.37. The number of amides is 2. The predicted molar refractivity (Wildman–Crippen MR) is 113 cm³/mol. The number of ether oxygens (including phenoxy) is 3. The molecule has 2 amide bonds. The number of carbonyl (C=O) groups is 2. The van der Waals surface area contributed by atoms with E-state index < -0.39 is 5.91 Å². The van der Waals surface area contributed by atoms with Crippen molar-refractivity contribution in [1.82, 2.24) is 10.6 Å². The number of fused-ring (bicyclic) bond motifs is 1. The first-order chi connectivity index (χ1) is 15.0. The first kappa shape index (κ1) is 21.7. The van der Waals surface area contributed by atoms with Crippen LogP contribution in [0.5, 0.6) is 17.2 Å². The number of hydrogen-bond acceptors (Lipinski definition) is 7. The standard InChI is InChI=1S/C22H22N2O7/c1-28-15-8-7-13(11-18(15)30-3)21(26)23-9-10-24-22(27)19-12-14(25)20-16(29-2)5-4-6-17(20)31-19/h4-8,11-12H,9-10H2,1-3H3,(H,23,26)(H,24,27). The summed E-state index contributed by atoms with van der Waals surface area (Å²) in [6.45, 7) is 0.308. The van der Waals surface area contributed by atoms with Gasteiger partial charge in [0.15, 0.2) is 22.7 Å². The van der Waals surface area contributed by atoms with Crippen LogP contribution in [-0.2, 0) is 0 Å². The Balaban J connectivity index is 1.59. The second-order valence-electron chi connectivity index (χ2n) is 6.39. The summed E-state index contributed by atoms with van der Waals surface area (Å²) in [5.41, 5.74) is 0.253. The molecule has 3 aromatic rings. The van der Waals surface area contributed by atoms with Crippen molar-refractivity contribution < 1.29 is 28.2 Å². The van der Waals surface area contributed by atoms with Crippen molar-refractivity contribution in [3.8, 4) is 17.2 Å². The highest BCUT2D eigenvalue weighted by Gasteiger charge is 2.15. The molecule has 0 bridgehead atoms. The van der Waals surface area contributed by atoms with Crippen LogP contribution in [0.1, 0.15) is 20.9 Å². The van der Waals surface area contributed by atoms with Gasteiger partial charge in [-0.05, 0) is 30.3 Å². The van der Waals surface area contributed by atoms with Gasteiger partial charge in [-0.25, -0.2) is 0 Å². The molecular formula is C22H22N2O7. The highest BCUT2D eigenvalue weighted by Crippen LogP contribution is 2.27. The van der Waals surface area contributed by atoms with Gasteiger partial charge in [0.25, 0.3) is 11.8 Å². The molecule has 0 fully saturated rings. The molecule has 162 valence electrons. The van der Waals surface area contributed by atoms with Crippen LogP contribution < -0.4 is 30.3 Å². The van der Waals surface area contributed by atoms with Gasteiger partial charge in [-0.3, -0.25) is 14.4 Å². The first-order valence-corrected chi connectivity index (χ1v) is 9.37. The molecule has 31 heavy (non-hydrogen) atoms. The molecule has 9 heteroatoms. The van der Waals surface area contributed by atoms with Gasteiger partial charge in [-0.2, -0.15) is 0 Å². The summed E-state index contributed by atoms with van der Waals surface area (Å²) in [4.78, 5) is 37.0. The Bertz CT molecular complexity index is 1170. The molecule has 0 saturated carbocycles. The lowest BCUT2D eigenvalue weighted by molar-refractivity contribution is 0.0911. The summed E-state index contributed by atoms with van der Waals surface area (Å²) in [6, 6.07) is 10.8. The number of rotatable bonds is 8. The maximum atomic E-state index is 12.4. The van der Waals surface area contributed by atoms with Crippen LogP contribution in [0, 0.1) is 0 Å². The molecule has 3 rings (SSSR count). The number of nitrogens with one attached hydrogen (secondary N) is 2. The second-order valence-corrected chi connectivity index (χ2v) is 6.39. The topological polar surface area (TPSA) is 116 Å². The van der Waals surface area contributed by atoms with E-state index in [-0.39, 0.29) is 41.2 Å². The predicted octanol–water partition coefficient (Wildman–Crippen LogP) is 1.98. The van der Waals surface area contributed by atoms with Gasteiger partial charge >= 0.3 is 0 Å². The third-order valence-electron chi connectivity index (χ3n) is 4.50. The summed E-state index contributed by atoms with van der Waals surface area (Å²) in [5.74, 6) is 0.294. The SMILES string of the molecule is COc1ccc(C(=O)NCCNC(=O)c2cc(=O)c3c(OC)cccc3o2)cc1OC. The van der Waals surface area contributed by atoms with Gasteiger partial charge < -0.3 is 29.3 Å². The van der Waals surface area contributed by atoms with E-state index in [9.17, 15) is 14.4 Å². The fourth-order valence-corrected chi connectivity index (χ4v) is 2.98. The zero-order valence-corrected chi connectivity index (χ0v) is 17.3. The third kappa shape index (κ3) is 4.77. The van der Waals surface area contributed by atoms with Crippen molar-refractivity contribution >= 4 is 22.8 Å². The number of carbonyl (C=O) groups excluding carboxylic acids is 2. The second kappa shape index (κ2) is 9.66. The molecule has 0 unspecified atom stereocenters. The molecule has 0 radical (unpaired) electrons. The molecular weight excluding hydrogens is 404 g/mol. The molecule has 9 nitrogen and oxygen atoms in total. The Morgan fingerprint density at radius 3 is 2.19 bits per heavy atom. The largest absolute Gasteiger partial charge is 0.496 e. The zero-order chi connectivity index (χ0) is 22.4. The van der Waals surface area contributed by atoms with E-state index in [0.29, 0.717) is 22.8 Å². The van der Waals surface area contributed by atoms with Crippen molar-refractivity contribution in [3.05, 3.63) is 64.0 Å². The minimum atomic E-state index is -0.567. The Kier molecular flexibility index (Phi) is 6.76. The lowest BCUT2D eigenvalue weighted by Crippen LogP contribution is -2.35. The highest BCUT2D eigenvalue weighted by atomic mass is 16.5. The lowest BCUT2D eigenvalue weighted by atomic mass is 10.2. The van der Waals surface area contributed by atoms with E-state index >= 15 is 0 Å². The molecule has 1 heterocycles. The Morgan fingerprint density at radius 1 is 0.839 bits per heavy atom. The van der Waals surface area contributed by atoms with Crippen molar-refractivity contribution in [3.63, 3.8) is 0 Å². The molecule has 0 spiro atoms. The summed E-state index contributed by atoms with van der Waals surface area (Å²) in [7, 11) is 4.44. The van der Waals surface area contributed by atoms with Gasteiger partial charge in [0.05, 0.1) is 21.3 Å². The van der Waals surface area contributed by atoms with Crippen LogP contribution in [-0.4, -0.2) is 46.2 Å². The van der Waals surface area contributed by atoms with Gasteiger partial charge in [0.1, 0.15) is 16.7 Å². The van der Waals surface area contributed by atoms with Crippen LogP contribution in [0.15, 0.2) is 51.7 Å². The minimum absolute atomic E-state index is 0.128. The maximum absolute atomic E-state index is 12.4. The van der Waals surface area contributed by atoms with Crippen molar-refractivity contribution in [2.75, 3.05) is 34.4 Å². The van der Waals surface area contributed by atoms with Crippen LogP contribution in [0.3, 0.4) is 0 Å². The smallest absolute Gasteiger partial charge is 0.287 e. The summed E-state index contributed by atoms with van der Waals surface area (Å²) >= 11 is 0. The molecule has 2 aromatic carbocycles. The monoisotopic (exact) mass is 426 g/mol. The van der Waals surface area contributed by atoms with Crippen LogP contribution >= 0.6 is 0 Å². The van der Waals surface area contributed by atoms with E-state index in [1.54, 1.807) is 36.4 Å². The van der Waals surface area contributed by atoms with E-state index in [2.05, 4.69) is 10.6 Å². The third-order valence-corrected chi connectivity index (χ3v) is 4.50. The van der Waals surface area contributed by atoms with E-state index in [1.165, 1.54) is 21.3 Å². The van der Waals surface area contributed by atoms with Crippen molar-refractivity contribution in [2.24, 2.45) is 0 Å². The van der Waals surface area contributed by atoms with Crippen LogP contribution in [0.2, 0.25) is 0 Å². The molecule has 2 N–H and O–H groups in total. The highest BCUT2D eigenvalue weighted by molar-refractivity contribution is 5.95. The van der Waals surface area contributed by atoms with Gasteiger partial charge in [-0.1, -0.05) is 6.07 Å². The Hall–Kier alpha value is -4.01. The normalized spacial score (nSPS) is 10.4. The minimum Gasteiger partial charge on any atom is -0.496 e. The molecule has 0 aliphatic rings. The van der Waals surface area contributed by atoms with Crippen LogP contribution in [0.4, 0.5) is 0 Å². The van der Waals surface area contributed by atoms with Crippen LogP contribution in [0.25, 0.3) is 11.0 Å². The Labute approximate surface area is 177 Å². The molecule has 0 aliphatic carbocycles. The fraction of sp³-hybridized carbons (Fsp3) is 0.227. The van der Waals surface area contributed by atoms with Crippen molar-refractivity contribution in [2.45, 2.75) is 0 Å². The quantitative estimate of drug-likeness (QED) is 0.529. The zero-order valence-electron chi connectivity index (χ0n) is 17.3. The molecule has 0 atom stereocenters. The van der Waals surface area contributed by atoms with Gasteiger partial charge in [0, 0.05) is 24.7 Å². The Morgan fingerprint density at radius 2 is 1.52 bits per heavy atom. The molecule has 0 saturated heterocycles. The number of methoxy groups -OCH3 is 3. The van der Waals surface area contributed by atoms with E-state index in [1.807, 2.05) is 0 Å². The lowest BCUT2D eigenvalue weighted by Gasteiger charge is -2.10. The summed E-state index contributed by atoms with van der Waals surface area (Å²) in [6.07, 6.45) is 0. The average molecular weight is 426 g/mol. The number of hydrogen-bond donors (Lipinski definition) is 2.